The molecule has 0 fully saturated rings. The first kappa shape index (κ1) is 33.8. The Morgan fingerprint density at radius 2 is 1.28 bits per heavy atom. The molecule has 0 aliphatic heterocycles. The minimum atomic E-state index is -0.674. The van der Waals surface area contributed by atoms with Crippen LogP contribution in [0.5, 0.6) is 0 Å². The van der Waals surface area contributed by atoms with Crippen LogP contribution in [0.15, 0.2) is 0 Å². The highest BCUT2D eigenvalue weighted by Gasteiger charge is 2.26. The molecule has 0 aliphatic rings. The van der Waals surface area contributed by atoms with Crippen molar-refractivity contribution in [3.8, 4) is 0 Å². The first-order valence-electron chi connectivity index (χ1n) is 13.4. The maximum absolute atomic E-state index is 12.6. The van der Waals surface area contributed by atoms with Gasteiger partial charge < -0.3 is 26.0 Å². The molecule has 1 unspecified atom stereocenters. The highest BCUT2D eigenvalue weighted by Crippen LogP contribution is 2.19. The Balaban J connectivity index is 4.41. The summed E-state index contributed by atoms with van der Waals surface area (Å²) in [7, 11) is 0. The van der Waals surface area contributed by atoms with Gasteiger partial charge in [-0.3, -0.25) is 19.2 Å². The predicted octanol–water partition coefficient (Wildman–Crippen LogP) is 2.93. The van der Waals surface area contributed by atoms with E-state index < -0.39 is 6.04 Å². The Morgan fingerprint density at radius 3 is 1.78 bits per heavy atom. The summed E-state index contributed by atoms with van der Waals surface area (Å²) in [6, 6.07) is -0.674. The van der Waals surface area contributed by atoms with Crippen LogP contribution in [-0.2, 0) is 23.9 Å². The van der Waals surface area contributed by atoms with Crippen LogP contribution < -0.4 is 21.3 Å². The van der Waals surface area contributed by atoms with E-state index in [1.165, 1.54) is 0 Å². The number of carbonyl (C=O) groups excluding carboxylic acids is 4. The average molecular weight is 513 g/mol. The van der Waals surface area contributed by atoms with E-state index in [2.05, 4.69) is 28.2 Å². The van der Waals surface area contributed by atoms with E-state index in [0.717, 1.165) is 25.7 Å². The van der Waals surface area contributed by atoms with Gasteiger partial charge in [0.25, 0.3) is 0 Å². The number of hydrogen-bond acceptors (Lipinski definition) is 5. The van der Waals surface area contributed by atoms with Crippen molar-refractivity contribution >= 4 is 23.6 Å². The molecule has 0 rings (SSSR count). The second-order valence-electron chi connectivity index (χ2n) is 11.6. The summed E-state index contributed by atoms with van der Waals surface area (Å²) >= 11 is 0. The molecule has 9 heteroatoms. The molecule has 0 radical (unpaired) electrons. The molecule has 0 spiro atoms. The molecule has 0 aromatic rings. The topological polar surface area (TPSA) is 126 Å². The third kappa shape index (κ3) is 16.5. The largest absolute Gasteiger partial charge is 0.380 e. The highest BCUT2D eigenvalue weighted by molar-refractivity contribution is 5.90. The summed E-state index contributed by atoms with van der Waals surface area (Å²) in [4.78, 5) is 48.7. The summed E-state index contributed by atoms with van der Waals surface area (Å²) in [5.74, 6) is -0.847. The van der Waals surface area contributed by atoms with Crippen molar-refractivity contribution in [2.75, 3.05) is 32.8 Å². The Kier molecular flexibility index (Phi) is 16.3. The number of unbranched alkanes of at least 4 members (excludes halogenated alkanes) is 2. The molecular weight excluding hydrogens is 460 g/mol. The van der Waals surface area contributed by atoms with Gasteiger partial charge in [-0.1, -0.05) is 68.2 Å². The number of nitrogens with one attached hydrogen (secondary N) is 4. The van der Waals surface area contributed by atoms with Crippen molar-refractivity contribution in [1.82, 2.24) is 21.3 Å². The van der Waals surface area contributed by atoms with Crippen LogP contribution in [0.25, 0.3) is 0 Å². The molecule has 36 heavy (non-hydrogen) atoms. The zero-order valence-electron chi connectivity index (χ0n) is 24.0. The summed E-state index contributed by atoms with van der Waals surface area (Å²) in [6.07, 6.45) is 4.53. The summed E-state index contributed by atoms with van der Waals surface area (Å²) in [6.45, 7) is 17.5. The number of hydrogen-bond donors (Lipinski definition) is 4. The molecule has 0 heterocycles. The second kappa shape index (κ2) is 17.3. The summed E-state index contributed by atoms with van der Waals surface area (Å²) in [5.41, 5.74) is -0.514. The van der Waals surface area contributed by atoms with E-state index in [1.54, 1.807) is 0 Å². The Hall–Kier alpha value is -2.16. The number of rotatable bonds is 19. The van der Waals surface area contributed by atoms with Crippen molar-refractivity contribution in [3.05, 3.63) is 0 Å². The van der Waals surface area contributed by atoms with Crippen LogP contribution in [0.3, 0.4) is 0 Å². The standard InChI is InChI=1S/C27H52N4O5/c1-9-11-12-14-22(33)31-24(20(3)4)25(35)28-15-23(34)30-17-27(7,8)19-36-18-26(5,6)16-29-21(32)13-10-2/h20,24H,9-19H2,1-8H3,(H,28,35)(H,29,32)(H,30,34)(H,31,33). The Labute approximate surface area is 218 Å². The van der Waals surface area contributed by atoms with Crippen molar-refractivity contribution in [2.45, 2.75) is 100.0 Å². The molecule has 9 nitrogen and oxygen atoms in total. The molecular formula is C27H52N4O5. The van der Waals surface area contributed by atoms with Crippen molar-refractivity contribution in [2.24, 2.45) is 16.7 Å². The van der Waals surface area contributed by atoms with E-state index in [4.69, 9.17) is 4.74 Å². The van der Waals surface area contributed by atoms with Gasteiger partial charge in [-0.2, -0.15) is 0 Å². The third-order valence-electron chi connectivity index (χ3n) is 5.69. The lowest BCUT2D eigenvalue weighted by Gasteiger charge is -2.29. The predicted molar refractivity (Wildman–Crippen MR) is 143 cm³/mol. The fourth-order valence-electron chi connectivity index (χ4n) is 3.35. The van der Waals surface area contributed by atoms with Gasteiger partial charge in [-0.25, -0.2) is 0 Å². The third-order valence-corrected chi connectivity index (χ3v) is 5.69. The molecule has 0 saturated heterocycles. The molecule has 0 aromatic heterocycles. The second-order valence-corrected chi connectivity index (χ2v) is 11.6. The molecule has 0 aromatic carbocycles. The van der Waals surface area contributed by atoms with E-state index >= 15 is 0 Å². The molecule has 0 bridgehead atoms. The SMILES string of the molecule is CCCCCC(=O)NC(C(=O)NCC(=O)NCC(C)(C)COCC(C)(C)CNC(=O)CCC)C(C)C. The van der Waals surface area contributed by atoms with Gasteiger partial charge >= 0.3 is 0 Å². The fourth-order valence-corrected chi connectivity index (χ4v) is 3.35. The average Bonchev–Trinajstić information content (AvgIpc) is 2.78. The first-order chi connectivity index (χ1) is 16.7. The van der Waals surface area contributed by atoms with E-state index in [-0.39, 0.29) is 46.9 Å². The monoisotopic (exact) mass is 512 g/mol. The van der Waals surface area contributed by atoms with Crippen molar-refractivity contribution in [3.63, 3.8) is 0 Å². The maximum Gasteiger partial charge on any atom is 0.243 e. The van der Waals surface area contributed by atoms with Crippen LogP contribution in [-0.4, -0.2) is 62.5 Å². The van der Waals surface area contributed by atoms with E-state index in [1.807, 2.05) is 48.5 Å². The molecule has 0 saturated carbocycles. The molecule has 4 N–H and O–H groups in total. The highest BCUT2D eigenvalue weighted by atomic mass is 16.5. The lowest BCUT2D eigenvalue weighted by molar-refractivity contribution is -0.131. The lowest BCUT2D eigenvalue weighted by atomic mass is 9.93. The van der Waals surface area contributed by atoms with Gasteiger partial charge in [-0.15, -0.1) is 0 Å². The normalized spacial score (nSPS) is 12.7. The zero-order valence-corrected chi connectivity index (χ0v) is 24.0. The summed E-state index contributed by atoms with van der Waals surface area (Å²) in [5, 5.41) is 11.2. The van der Waals surface area contributed by atoms with Crippen LogP contribution in [0.2, 0.25) is 0 Å². The minimum Gasteiger partial charge on any atom is -0.380 e. The Morgan fingerprint density at radius 1 is 0.722 bits per heavy atom. The van der Waals surface area contributed by atoms with Gasteiger partial charge in [-0.05, 0) is 18.8 Å². The lowest BCUT2D eigenvalue weighted by Crippen LogP contribution is -2.51. The van der Waals surface area contributed by atoms with Gasteiger partial charge in [0.2, 0.25) is 23.6 Å². The van der Waals surface area contributed by atoms with Gasteiger partial charge in [0.1, 0.15) is 6.04 Å². The first-order valence-corrected chi connectivity index (χ1v) is 13.4. The molecule has 210 valence electrons. The van der Waals surface area contributed by atoms with Gasteiger partial charge in [0.15, 0.2) is 0 Å². The number of amides is 4. The molecule has 1 atom stereocenters. The molecule has 0 aliphatic carbocycles. The number of ether oxygens (including phenoxy) is 1. The van der Waals surface area contributed by atoms with Crippen LogP contribution >= 0.6 is 0 Å². The van der Waals surface area contributed by atoms with Crippen LogP contribution in [0, 0.1) is 16.7 Å². The van der Waals surface area contributed by atoms with E-state index in [9.17, 15) is 19.2 Å². The van der Waals surface area contributed by atoms with Crippen LogP contribution in [0.4, 0.5) is 0 Å². The fraction of sp³-hybridized carbons (Fsp3) is 0.852. The Bertz CT molecular complexity index is 692. The quantitative estimate of drug-likeness (QED) is 0.198. The minimum absolute atomic E-state index is 0.0507. The zero-order chi connectivity index (χ0) is 27.8. The smallest absolute Gasteiger partial charge is 0.243 e. The van der Waals surface area contributed by atoms with Gasteiger partial charge in [0, 0.05) is 36.8 Å². The number of carbonyl (C=O) groups is 4. The molecule has 4 amide bonds. The van der Waals surface area contributed by atoms with Gasteiger partial charge in [0.05, 0.1) is 19.8 Å². The van der Waals surface area contributed by atoms with Crippen LogP contribution in [0.1, 0.15) is 93.9 Å². The van der Waals surface area contributed by atoms with Crippen molar-refractivity contribution in [1.29, 1.82) is 0 Å². The van der Waals surface area contributed by atoms with E-state index in [0.29, 0.717) is 39.1 Å². The summed E-state index contributed by atoms with van der Waals surface area (Å²) < 4.78 is 5.90. The maximum atomic E-state index is 12.6. The van der Waals surface area contributed by atoms with Crippen molar-refractivity contribution < 1.29 is 23.9 Å².